The predicted octanol–water partition coefficient (Wildman–Crippen LogP) is 9.35. The van der Waals surface area contributed by atoms with Gasteiger partial charge in [0, 0.05) is 24.5 Å². The summed E-state index contributed by atoms with van der Waals surface area (Å²) in [6, 6.07) is 5.28. The Labute approximate surface area is 223 Å². The zero-order valence-electron chi connectivity index (χ0n) is 24.6. The number of carbonyl (C=O) groups excluding carboxylic acids is 1. The van der Waals surface area contributed by atoms with Crippen molar-refractivity contribution in [1.82, 2.24) is 4.57 Å². The van der Waals surface area contributed by atoms with Crippen molar-refractivity contribution in [3.05, 3.63) is 81.3 Å². The van der Waals surface area contributed by atoms with Crippen molar-refractivity contribution in [2.45, 2.75) is 95.0 Å². The third-order valence-electron chi connectivity index (χ3n) is 5.33. The van der Waals surface area contributed by atoms with E-state index in [1.165, 1.54) is 25.1 Å². The summed E-state index contributed by atoms with van der Waals surface area (Å²) in [6.45, 7) is 24.6. The Hall–Kier alpha value is -2.82. The molecule has 2 aromatic rings. The van der Waals surface area contributed by atoms with Gasteiger partial charge in [0.05, 0.1) is 5.56 Å². The third kappa shape index (κ3) is 10.2. The van der Waals surface area contributed by atoms with E-state index in [0.29, 0.717) is 23.7 Å². The number of carbonyl (C=O) groups is 1. The molecule has 0 amide bonds. The van der Waals surface area contributed by atoms with Gasteiger partial charge in [0.1, 0.15) is 0 Å². The van der Waals surface area contributed by atoms with Crippen LogP contribution in [-0.2, 0) is 6.54 Å². The number of pyridine rings is 1. The van der Waals surface area contributed by atoms with Crippen LogP contribution in [-0.4, -0.2) is 10.4 Å². The molecule has 0 spiro atoms. The zero-order chi connectivity index (χ0) is 28.9. The molecular formula is C32H47F2NO2. The highest BCUT2D eigenvalue weighted by molar-refractivity contribution is 5.98. The van der Waals surface area contributed by atoms with Gasteiger partial charge in [0.25, 0.3) is 0 Å². The Bertz CT molecular complexity index is 1120. The second-order valence-electron chi connectivity index (χ2n) is 9.35. The number of hydrogen-bond acceptors (Lipinski definition) is 2. The molecule has 1 fully saturated rings. The summed E-state index contributed by atoms with van der Waals surface area (Å²) < 4.78 is 29.4. The van der Waals surface area contributed by atoms with E-state index in [2.05, 4.69) is 27.4 Å². The van der Waals surface area contributed by atoms with Gasteiger partial charge in [-0.1, -0.05) is 68.0 Å². The molecule has 0 N–H and O–H groups in total. The van der Waals surface area contributed by atoms with Crippen LogP contribution in [0.4, 0.5) is 8.78 Å². The number of aryl methyl sites for hydroxylation is 1. The van der Waals surface area contributed by atoms with Crippen LogP contribution in [0, 0.1) is 23.5 Å². The first-order chi connectivity index (χ1) is 17.5. The summed E-state index contributed by atoms with van der Waals surface area (Å²) in [4.78, 5) is 24.3. The summed E-state index contributed by atoms with van der Waals surface area (Å²) in [5.74, 6) is -0.974. The molecule has 0 radical (unpaired) electrons. The Morgan fingerprint density at radius 1 is 1.03 bits per heavy atom. The van der Waals surface area contributed by atoms with Gasteiger partial charge in [-0.3, -0.25) is 9.59 Å². The van der Waals surface area contributed by atoms with Gasteiger partial charge in [-0.2, -0.15) is 0 Å². The molecule has 0 aliphatic heterocycles. The highest BCUT2D eigenvalue weighted by Crippen LogP contribution is 2.44. The van der Waals surface area contributed by atoms with E-state index in [0.717, 1.165) is 48.0 Å². The lowest BCUT2D eigenvalue weighted by atomic mass is 9.89. The van der Waals surface area contributed by atoms with Crippen molar-refractivity contribution >= 4 is 16.9 Å². The number of ketones is 1. The third-order valence-corrected chi connectivity index (χ3v) is 5.33. The molecule has 1 aliphatic rings. The van der Waals surface area contributed by atoms with E-state index in [-0.39, 0.29) is 16.8 Å². The van der Waals surface area contributed by atoms with Crippen LogP contribution in [0.25, 0.3) is 11.1 Å². The highest BCUT2D eigenvalue weighted by atomic mass is 19.2. The first kappa shape index (κ1) is 34.2. The summed E-state index contributed by atoms with van der Waals surface area (Å²) >= 11 is 0. The van der Waals surface area contributed by atoms with Crippen molar-refractivity contribution in [2.24, 2.45) is 11.8 Å². The lowest BCUT2D eigenvalue weighted by molar-refractivity contribution is 0.101. The van der Waals surface area contributed by atoms with Gasteiger partial charge in [0.15, 0.2) is 22.8 Å². The quantitative estimate of drug-likeness (QED) is 0.272. The van der Waals surface area contributed by atoms with E-state index in [4.69, 9.17) is 0 Å². The fourth-order valence-electron chi connectivity index (χ4n) is 3.65. The summed E-state index contributed by atoms with van der Waals surface area (Å²) in [7, 11) is 0. The molecule has 0 atom stereocenters. The van der Waals surface area contributed by atoms with Crippen molar-refractivity contribution in [1.29, 1.82) is 0 Å². The van der Waals surface area contributed by atoms with Crippen LogP contribution in [0.2, 0.25) is 0 Å². The molecule has 0 bridgehead atoms. The molecule has 1 heterocycles. The summed E-state index contributed by atoms with van der Waals surface area (Å²) in [5.41, 5.74) is 3.33. The van der Waals surface area contributed by atoms with Gasteiger partial charge in [-0.15, -0.1) is 0 Å². The number of Topliss-reactive ketones (excluding diaryl/α,β-unsaturated/α-hetero) is 1. The van der Waals surface area contributed by atoms with Crippen LogP contribution >= 0.6 is 0 Å². The monoisotopic (exact) mass is 515 g/mol. The van der Waals surface area contributed by atoms with E-state index in [1.807, 2.05) is 46.1 Å². The van der Waals surface area contributed by atoms with Crippen molar-refractivity contribution in [3.63, 3.8) is 0 Å². The average Bonchev–Trinajstić information content (AvgIpc) is 3.70. The minimum atomic E-state index is -0.922. The Balaban J connectivity index is 0.00000145. The van der Waals surface area contributed by atoms with Gasteiger partial charge < -0.3 is 4.57 Å². The fourth-order valence-corrected chi connectivity index (χ4v) is 3.65. The number of halogens is 2. The molecule has 1 aromatic carbocycles. The highest BCUT2D eigenvalue weighted by Gasteiger charge is 2.29. The normalized spacial score (nSPS) is 12.7. The van der Waals surface area contributed by atoms with Crippen LogP contribution in [0.3, 0.4) is 0 Å². The maximum absolute atomic E-state index is 14.0. The molecule has 206 valence electrons. The molecule has 1 aliphatic carbocycles. The fraction of sp³-hybridized carbons (Fsp3) is 0.500. The number of nitrogens with zero attached hydrogens (tertiary/aromatic N) is 1. The van der Waals surface area contributed by atoms with E-state index in [9.17, 15) is 18.4 Å². The Morgan fingerprint density at radius 2 is 1.57 bits per heavy atom. The minimum absolute atomic E-state index is 0.144. The van der Waals surface area contributed by atoms with Crippen molar-refractivity contribution in [3.8, 4) is 0 Å². The zero-order valence-corrected chi connectivity index (χ0v) is 24.6. The second kappa shape index (κ2) is 16.8. The predicted molar refractivity (Wildman–Crippen MR) is 155 cm³/mol. The first-order valence-electron chi connectivity index (χ1n) is 13.6. The lowest BCUT2D eigenvalue weighted by Gasteiger charge is -2.20. The van der Waals surface area contributed by atoms with Gasteiger partial charge in [-0.25, -0.2) is 8.78 Å². The maximum atomic E-state index is 14.0. The second-order valence-corrected chi connectivity index (χ2v) is 9.35. The molecule has 0 saturated heterocycles. The molecule has 5 heteroatoms. The van der Waals surface area contributed by atoms with Crippen molar-refractivity contribution in [2.75, 3.05) is 0 Å². The average molecular weight is 516 g/mol. The Morgan fingerprint density at radius 3 is 2.00 bits per heavy atom. The molecule has 3 nitrogen and oxygen atoms in total. The van der Waals surface area contributed by atoms with Gasteiger partial charge >= 0.3 is 0 Å². The van der Waals surface area contributed by atoms with Crippen LogP contribution in [0.15, 0.2) is 47.4 Å². The van der Waals surface area contributed by atoms with E-state index < -0.39 is 11.6 Å². The Kier molecular flexibility index (Phi) is 15.5. The van der Waals surface area contributed by atoms with Crippen LogP contribution in [0.1, 0.15) is 110 Å². The van der Waals surface area contributed by atoms with Crippen LogP contribution < -0.4 is 5.43 Å². The number of aromatic nitrogens is 1. The van der Waals surface area contributed by atoms with Crippen LogP contribution in [0.5, 0.6) is 0 Å². The van der Waals surface area contributed by atoms with Crippen molar-refractivity contribution < 1.29 is 13.6 Å². The van der Waals surface area contributed by atoms with E-state index in [1.54, 1.807) is 6.20 Å². The molecule has 3 rings (SSSR count). The number of rotatable bonds is 7. The largest absolute Gasteiger partial charge is 0.347 e. The topological polar surface area (TPSA) is 39.1 Å². The summed E-state index contributed by atoms with van der Waals surface area (Å²) in [6.07, 6.45) is 4.41. The SMILES string of the molecule is C=C(/C(=C(\C)c1cc(=O)c(C(C)=O)cn1CCC)c1ccc(F)c(F)c1)C1CC1.CC.CC.CC(C)C. The number of hydrogen-bond donors (Lipinski definition) is 0. The standard InChI is InChI=1S/C24H25F2NO2.C4H10.2C2H6/c1-5-10-27-13-19(16(4)28)23(29)12-22(27)15(3)24(14(2)17-6-7-17)18-8-9-20(25)21(26)11-18;1-4(2)3;2*1-2/h8-9,11-13,17H,2,5-7,10H2,1,3-4H3;4H,1-3H3;2*1-2H3/b24-15-;;;. The smallest absolute Gasteiger partial charge is 0.192 e. The lowest BCUT2D eigenvalue weighted by Crippen LogP contribution is -2.19. The molecule has 1 saturated carbocycles. The molecule has 1 aromatic heterocycles. The molecule has 37 heavy (non-hydrogen) atoms. The number of benzene rings is 1. The first-order valence-corrected chi connectivity index (χ1v) is 13.6. The molecular weight excluding hydrogens is 468 g/mol. The van der Waals surface area contributed by atoms with E-state index >= 15 is 0 Å². The number of allylic oxidation sites excluding steroid dienone is 3. The van der Waals surface area contributed by atoms with Gasteiger partial charge in [0.2, 0.25) is 0 Å². The van der Waals surface area contributed by atoms with Gasteiger partial charge in [-0.05, 0) is 79.4 Å². The summed E-state index contributed by atoms with van der Waals surface area (Å²) in [5, 5.41) is 0. The minimum Gasteiger partial charge on any atom is -0.347 e. The maximum Gasteiger partial charge on any atom is 0.192 e. The molecule has 0 unspecified atom stereocenters.